The standard InChI is InChI=1S/C13H22O4/c1-5-8-12(15)16-9-10-17-13(4,7-3)11(14)6-2/h6H,2,5,7-10H2,1,3-4H3. The maximum absolute atomic E-state index is 11.5. The third kappa shape index (κ3) is 5.63. The van der Waals surface area contributed by atoms with Gasteiger partial charge in [0.25, 0.3) is 0 Å². The first-order valence-electron chi connectivity index (χ1n) is 5.96. The molecule has 0 fully saturated rings. The van der Waals surface area contributed by atoms with Gasteiger partial charge in [-0.2, -0.15) is 0 Å². The van der Waals surface area contributed by atoms with E-state index in [1.54, 1.807) is 6.92 Å². The summed E-state index contributed by atoms with van der Waals surface area (Å²) in [5.41, 5.74) is -0.862. The van der Waals surface area contributed by atoms with Crippen molar-refractivity contribution in [1.82, 2.24) is 0 Å². The molecular weight excluding hydrogens is 220 g/mol. The van der Waals surface area contributed by atoms with E-state index < -0.39 is 5.60 Å². The van der Waals surface area contributed by atoms with Crippen molar-refractivity contribution in [3.63, 3.8) is 0 Å². The fourth-order valence-corrected chi connectivity index (χ4v) is 1.26. The molecule has 0 heterocycles. The molecule has 17 heavy (non-hydrogen) atoms. The highest BCUT2D eigenvalue weighted by Gasteiger charge is 2.29. The second kappa shape index (κ2) is 8.01. The monoisotopic (exact) mass is 242 g/mol. The predicted octanol–water partition coefficient (Wildman–Crippen LogP) is 2.27. The number of ketones is 1. The molecule has 0 radical (unpaired) electrons. The number of carbonyl (C=O) groups excluding carboxylic acids is 2. The molecule has 0 N–H and O–H groups in total. The van der Waals surface area contributed by atoms with Gasteiger partial charge in [0, 0.05) is 6.42 Å². The summed E-state index contributed by atoms with van der Waals surface area (Å²) in [6, 6.07) is 0. The summed E-state index contributed by atoms with van der Waals surface area (Å²) >= 11 is 0. The van der Waals surface area contributed by atoms with Gasteiger partial charge < -0.3 is 9.47 Å². The van der Waals surface area contributed by atoms with Crippen LogP contribution < -0.4 is 0 Å². The number of carbonyl (C=O) groups is 2. The van der Waals surface area contributed by atoms with Gasteiger partial charge >= 0.3 is 5.97 Å². The molecule has 0 aliphatic heterocycles. The maximum Gasteiger partial charge on any atom is 0.305 e. The smallest absolute Gasteiger partial charge is 0.305 e. The fraction of sp³-hybridized carbons (Fsp3) is 0.692. The van der Waals surface area contributed by atoms with Crippen LogP contribution in [-0.2, 0) is 19.1 Å². The Kier molecular flexibility index (Phi) is 7.46. The summed E-state index contributed by atoms with van der Waals surface area (Å²) in [7, 11) is 0. The molecule has 0 aromatic rings. The van der Waals surface area contributed by atoms with Gasteiger partial charge in [-0.1, -0.05) is 20.4 Å². The Bertz CT molecular complexity index is 273. The van der Waals surface area contributed by atoms with Crippen molar-refractivity contribution in [2.24, 2.45) is 0 Å². The summed E-state index contributed by atoms with van der Waals surface area (Å²) in [4.78, 5) is 22.6. The quantitative estimate of drug-likeness (QED) is 0.353. The minimum absolute atomic E-state index is 0.153. The van der Waals surface area contributed by atoms with Crippen molar-refractivity contribution in [2.75, 3.05) is 13.2 Å². The van der Waals surface area contributed by atoms with Crippen LogP contribution in [0.3, 0.4) is 0 Å². The van der Waals surface area contributed by atoms with Gasteiger partial charge in [-0.25, -0.2) is 0 Å². The van der Waals surface area contributed by atoms with E-state index in [1.165, 1.54) is 6.08 Å². The number of ether oxygens (including phenoxy) is 2. The van der Waals surface area contributed by atoms with Crippen LogP contribution in [0, 0.1) is 0 Å². The van der Waals surface area contributed by atoms with E-state index in [9.17, 15) is 9.59 Å². The Morgan fingerprint density at radius 1 is 1.29 bits per heavy atom. The van der Waals surface area contributed by atoms with Gasteiger partial charge in [0.05, 0.1) is 6.61 Å². The van der Waals surface area contributed by atoms with Crippen LogP contribution in [0.15, 0.2) is 12.7 Å². The fourth-order valence-electron chi connectivity index (χ4n) is 1.26. The first-order chi connectivity index (χ1) is 8.00. The normalized spacial score (nSPS) is 13.8. The molecule has 0 bridgehead atoms. The molecule has 1 unspecified atom stereocenters. The zero-order valence-electron chi connectivity index (χ0n) is 11.0. The van der Waals surface area contributed by atoms with E-state index in [0.717, 1.165) is 6.42 Å². The van der Waals surface area contributed by atoms with Gasteiger partial charge in [0.15, 0.2) is 5.78 Å². The molecule has 0 aliphatic rings. The highest BCUT2D eigenvalue weighted by atomic mass is 16.6. The Morgan fingerprint density at radius 3 is 2.41 bits per heavy atom. The summed E-state index contributed by atoms with van der Waals surface area (Å²) in [6.45, 7) is 9.33. The number of hydrogen-bond donors (Lipinski definition) is 0. The lowest BCUT2D eigenvalue weighted by molar-refractivity contribution is -0.150. The lowest BCUT2D eigenvalue weighted by Gasteiger charge is -2.25. The van der Waals surface area contributed by atoms with Crippen molar-refractivity contribution in [2.45, 2.75) is 45.6 Å². The lowest BCUT2D eigenvalue weighted by Crippen LogP contribution is -2.37. The van der Waals surface area contributed by atoms with Crippen molar-refractivity contribution in [1.29, 1.82) is 0 Å². The molecule has 0 saturated carbocycles. The Labute approximate surface area is 103 Å². The summed E-state index contributed by atoms with van der Waals surface area (Å²) < 4.78 is 10.4. The second-order valence-electron chi connectivity index (χ2n) is 3.97. The molecule has 0 aromatic carbocycles. The SMILES string of the molecule is C=CC(=O)C(C)(CC)OCCOC(=O)CCC. The highest BCUT2D eigenvalue weighted by Crippen LogP contribution is 2.16. The Morgan fingerprint density at radius 2 is 1.94 bits per heavy atom. The highest BCUT2D eigenvalue weighted by molar-refractivity contribution is 5.96. The minimum Gasteiger partial charge on any atom is -0.463 e. The zero-order valence-corrected chi connectivity index (χ0v) is 11.0. The van der Waals surface area contributed by atoms with Crippen LogP contribution in [0.2, 0.25) is 0 Å². The average Bonchev–Trinajstić information content (AvgIpc) is 2.33. The maximum atomic E-state index is 11.5. The third-order valence-corrected chi connectivity index (χ3v) is 2.60. The van der Waals surface area contributed by atoms with Gasteiger partial charge in [0.2, 0.25) is 0 Å². The summed E-state index contributed by atoms with van der Waals surface area (Å²) in [6.07, 6.45) is 2.99. The first kappa shape index (κ1) is 15.8. The van der Waals surface area contributed by atoms with E-state index in [4.69, 9.17) is 9.47 Å². The van der Waals surface area contributed by atoms with Crippen LogP contribution in [0.25, 0.3) is 0 Å². The van der Waals surface area contributed by atoms with Crippen LogP contribution in [0.5, 0.6) is 0 Å². The van der Waals surface area contributed by atoms with Crippen molar-refractivity contribution >= 4 is 11.8 Å². The molecule has 98 valence electrons. The molecule has 0 saturated heterocycles. The molecule has 4 nitrogen and oxygen atoms in total. The average molecular weight is 242 g/mol. The van der Waals surface area contributed by atoms with E-state index in [2.05, 4.69) is 6.58 Å². The summed E-state index contributed by atoms with van der Waals surface area (Å²) in [5, 5.41) is 0. The van der Waals surface area contributed by atoms with E-state index in [1.807, 2.05) is 13.8 Å². The Balaban J connectivity index is 3.96. The Hall–Kier alpha value is -1.16. The van der Waals surface area contributed by atoms with Gasteiger partial charge in [-0.3, -0.25) is 9.59 Å². The molecule has 0 amide bonds. The summed E-state index contributed by atoms with van der Waals surface area (Å²) in [5.74, 6) is -0.385. The largest absolute Gasteiger partial charge is 0.463 e. The van der Waals surface area contributed by atoms with E-state index >= 15 is 0 Å². The lowest BCUT2D eigenvalue weighted by atomic mass is 9.97. The van der Waals surface area contributed by atoms with Crippen molar-refractivity contribution in [3.05, 3.63) is 12.7 Å². The number of esters is 1. The van der Waals surface area contributed by atoms with E-state index in [-0.39, 0.29) is 25.0 Å². The topological polar surface area (TPSA) is 52.6 Å². The first-order valence-corrected chi connectivity index (χ1v) is 5.96. The minimum atomic E-state index is -0.862. The molecule has 0 spiro atoms. The predicted molar refractivity (Wildman–Crippen MR) is 65.7 cm³/mol. The van der Waals surface area contributed by atoms with Crippen LogP contribution in [0.4, 0.5) is 0 Å². The zero-order chi connectivity index (χ0) is 13.3. The van der Waals surface area contributed by atoms with Crippen LogP contribution in [0.1, 0.15) is 40.0 Å². The molecule has 0 aliphatic carbocycles. The third-order valence-electron chi connectivity index (χ3n) is 2.60. The molecule has 0 aromatic heterocycles. The van der Waals surface area contributed by atoms with Crippen LogP contribution in [-0.4, -0.2) is 30.6 Å². The number of rotatable bonds is 9. The van der Waals surface area contributed by atoms with Crippen LogP contribution >= 0.6 is 0 Å². The second-order valence-corrected chi connectivity index (χ2v) is 3.97. The van der Waals surface area contributed by atoms with Gasteiger partial charge in [-0.15, -0.1) is 0 Å². The molecule has 0 rings (SSSR count). The van der Waals surface area contributed by atoms with E-state index in [0.29, 0.717) is 12.8 Å². The van der Waals surface area contributed by atoms with Gasteiger partial charge in [-0.05, 0) is 25.8 Å². The molecule has 4 heteroatoms. The van der Waals surface area contributed by atoms with Crippen molar-refractivity contribution < 1.29 is 19.1 Å². The molecule has 1 atom stereocenters. The molecular formula is C13H22O4. The van der Waals surface area contributed by atoms with Crippen molar-refractivity contribution in [3.8, 4) is 0 Å². The van der Waals surface area contributed by atoms with Gasteiger partial charge in [0.1, 0.15) is 12.2 Å². The number of hydrogen-bond acceptors (Lipinski definition) is 4.